The number of nitrogens with one attached hydrogen (secondary N) is 1. The first-order valence-corrected chi connectivity index (χ1v) is 6.57. The molecule has 0 radical (unpaired) electrons. The third-order valence-corrected chi connectivity index (χ3v) is 2.71. The molecule has 1 rings (SSSR count). The molecule has 0 saturated heterocycles. The molecule has 5 heteroatoms. The third kappa shape index (κ3) is 5.62. The fraction of sp³-hybridized carbons (Fsp3) is 0.769. The molecule has 0 amide bonds. The Morgan fingerprint density at radius 1 is 1.39 bits per heavy atom. The smallest absolute Gasteiger partial charge is 0.0794 e. The van der Waals surface area contributed by atoms with E-state index in [1.54, 1.807) is 7.11 Å². The molecular weight excluding hydrogens is 230 g/mol. The van der Waals surface area contributed by atoms with E-state index in [0.717, 1.165) is 31.7 Å². The van der Waals surface area contributed by atoms with Crippen molar-refractivity contribution in [1.29, 1.82) is 0 Å². The quantitative estimate of drug-likeness (QED) is 0.644. The summed E-state index contributed by atoms with van der Waals surface area (Å²) in [4.78, 5) is 0. The first-order chi connectivity index (χ1) is 8.77. The van der Waals surface area contributed by atoms with Crippen molar-refractivity contribution in [3.8, 4) is 0 Å². The number of rotatable bonds is 10. The highest BCUT2D eigenvalue weighted by Gasteiger charge is 2.12. The summed E-state index contributed by atoms with van der Waals surface area (Å²) < 4.78 is 12.3. The summed E-state index contributed by atoms with van der Waals surface area (Å²) in [5.74, 6) is 0. The molecule has 0 aliphatic carbocycles. The van der Waals surface area contributed by atoms with E-state index in [1.165, 1.54) is 0 Å². The highest BCUT2D eigenvalue weighted by Crippen LogP contribution is 2.14. The highest BCUT2D eigenvalue weighted by molar-refractivity contribution is 5.05. The Morgan fingerprint density at radius 3 is 2.83 bits per heavy atom. The lowest BCUT2D eigenvalue weighted by molar-refractivity contribution is 0.0656. The van der Waals surface area contributed by atoms with Crippen molar-refractivity contribution in [2.45, 2.75) is 25.8 Å². The van der Waals surface area contributed by atoms with Crippen LogP contribution in [0.4, 0.5) is 0 Å². The van der Waals surface area contributed by atoms with E-state index in [9.17, 15) is 0 Å². The Morgan fingerprint density at radius 2 is 2.22 bits per heavy atom. The predicted molar refractivity (Wildman–Crippen MR) is 71.6 cm³/mol. The van der Waals surface area contributed by atoms with Crippen LogP contribution in [0.3, 0.4) is 0 Å². The van der Waals surface area contributed by atoms with Crippen LogP contribution in [0.5, 0.6) is 0 Å². The Kier molecular flexibility index (Phi) is 7.64. The second-order valence-corrected chi connectivity index (χ2v) is 4.31. The Labute approximate surface area is 109 Å². The average molecular weight is 255 g/mol. The number of methoxy groups -OCH3 is 1. The summed E-state index contributed by atoms with van der Waals surface area (Å²) in [5, 5.41) is 7.96. The van der Waals surface area contributed by atoms with Crippen molar-refractivity contribution >= 4 is 0 Å². The van der Waals surface area contributed by atoms with Crippen molar-refractivity contribution in [2.75, 3.05) is 33.5 Å². The van der Waals surface area contributed by atoms with Gasteiger partial charge in [-0.1, -0.05) is 6.92 Å². The van der Waals surface area contributed by atoms with E-state index in [4.69, 9.17) is 9.47 Å². The maximum Gasteiger partial charge on any atom is 0.0794 e. The van der Waals surface area contributed by atoms with Gasteiger partial charge in [-0.3, -0.25) is 4.68 Å². The zero-order valence-corrected chi connectivity index (χ0v) is 11.7. The average Bonchev–Trinajstić information content (AvgIpc) is 2.79. The van der Waals surface area contributed by atoms with Crippen LogP contribution in [-0.4, -0.2) is 43.3 Å². The molecule has 0 bridgehead atoms. The van der Waals surface area contributed by atoms with Crippen LogP contribution in [-0.2, 0) is 16.5 Å². The molecule has 0 fully saturated rings. The molecule has 0 saturated carbocycles. The van der Waals surface area contributed by atoms with Crippen molar-refractivity contribution in [2.24, 2.45) is 7.05 Å². The number of aryl methyl sites for hydroxylation is 1. The van der Waals surface area contributed by atoms with Crippen molar-refractivity contribution in [3.63, 3.8) is 0 Å². The first-order valence-electron chi connectivity index (χ1n) is 6.57. The van der Waals surface area contributed by atoms with Gasteiger partial charge in [-0.25, -0.2) is 0 Å². The molecular formula is C13H25N3O2. The van der Waals surface area contributed by atoms with Gasteiger partial charge in [-0.15, -0.1) is 0 Å². The van der Waals surface area contributed by atoms with Gasteiger partial charge in [0.25, 0.3) is 0 Å². The second-order valence-electron chi connectivity index (χ2n) is 4.31. The van der Waals surface area contributed by atoms with Gasteiger partial charge in [0.05, 0.1) is 24.9 Å². The molecule has 104 valence electrons. The number of nitrogens with zero attached hydrogens (tertiary/aromatic N) is 2. The molecule has 1 aromatic heterocycles. The van der Waals surface area contributed by atoms with Crippen LogP contribution >= 0.6 is 0 Å². The summed E-state index contributed by atoms with van der Waals surface area (Å²) in [5.41, 5.74) is 1.08. The molecule has 1 aromatic rings. The largest absolute Gasteiger partial charge is 0.382 e. The summed E-state index contributed by atoms with van der Waals surface area (Å²) in [6, 6.07) is 2.33. The van der Waals surface area contributed by atoms with E-state index in [2.05, 4.69) is 23.4 Å². The summed E-state index contributed by atoms with van der Waals surface area (Å²) >= 11 is 0. The van der Waals surface area contributed by atoms with E-state index < -0.39 is 0 Å². The minimum Gasteiger partial charge on any atom is -0.382 e. The van der Waals surface area contributed by atoms with Crippen LogP contribution in [0.1, 0.15) is 31.5 Å². The predicted octanol–water partition coefficient (Wildman–Crippen LogP) is 1.51. The van der Waals surface area contributed by atoms with Crippen LogP contribution in [0, 0.1) is 0 Å². The highest BCUT2D eigenvalue weighted by atomic mass is 16.5. The third-order valence-electron chi connectivity index (χ3n) is 2.71. The summed E-state index contributed by atoms with van der Waals surface area (Å²) in [6.07, 6.45) is 4.02. The lowest BCUT2D eigenvalue weighted by Crippen LogP contribution is -2.24. The number of hydrogen-bond acceptors (Lipinski definition) is 4. The monoisotopic (exact) mass is 255 g/mol. The van der Waals surface area contributed by atoms with Crippen molar-refractivity contribution in [1.82, 2.24) is 15.1 Å². The van der Waals surface area contributed by atoms with Gasteiger partial charge in [-0.05, 0) is 25.5 Å². The van der Waals surface area contributed by atoms with Crippen LogP contribution in [0.2, 0.25) is 0 Å². The fourth-order valence-electron chi connectivity index (χ4n) is 1.74. The maximum absolute atomic E-state index is 5.51. The van der Waals surface area contributed by atoms with Crippen LogP contribution in [0.25, 0.3) is 0 Å². The van der Waals surface area contributed by atoms with E-state index in [1.807, 2.05) is 17.9 Å². The van der Waals surface area contributed by atoms with E-state index in [-0.39, 0.29) is 6.04 Å². The van der Waals surface area contributed by atoms with Gasteiger partial charge in [-0.2, -0.15) is 5.10 Å². The summed E-state index contributed by atoms with van der Waals surface area (Å²) in [6.45, 7) is 5.19. The molecule has 0 spiro atoms. The van der Waals surface area contributed by atoms with Gasteiger partial charge < -0.3 is 14.8 Å². The zero-order chi connectivity index (χ0) is 13.2. The van der Waals surface area contributed by atoms with Gasteiger partial charge in [0.15, 0.2) is 0 Å². The molecule has 1 unspecified atom stereocenters. The van der Waals surface area contributed by atoms with Crippen molar-refractivity contribution < 1.29 is 9.47 Å². The van der Waals surface area contributed by atoms with Gasteiger partial charge in [0.1, 0.15) is 0 Å². The molecule has 5 nitrogen and oxygen atoms in total. The van der Waals surface area contributed by atoms with Gasteiger partial charge in [0, 0.05) is 27.0 Å². The van der Waals surface area contributed by atoms with Crippen LogP contribution < -0.4 is 5.32 Å². The Bertz CT molecular complexity index is 315. The second kappa shape index (κ2) is 9.08. The minimum atomic E-state index is 0.272. The molecule has 1 atom stereocenters. The van der Waals surface area contributed by atoms with E-state index >= 15 is 0 Å². The van der Waals surface area contributed by atoms with Crippen LogP contribution in [0.15, 0.2) is 12.3 Å². The topological polar surface area (TPSA) is 48.3 Å². The SMILES string of the molecule is CCCNC(CCOCCOC)c1ccn(C)n1. The Hall–Kier alpha value is -0.910. The first kappa shape index (κ1) is 15.1. The molecule has 1 N–H and O–H groups in total. The molecule has 1 heterocycles. The standard InChI is InChI=1S/C13H25N3O2/c1-4-7-14-12(6-9-18-11-10-17-3)13-5-8-16(2)15-13/h5,8,12,14H,4,6-7,9-11H2,1-3H3. The zero-order valence-electron chi connectivity index (χ0n) is 11.7. The molecule has 0 aromatic carbocycles. The molecule has 18 heavy (non-hydrogen) atoms. The van der Waals surface area contributed by atoms with Crippen molar-refractivity contribution in [3.05, 3.63) is 18.0 Å². The molecule has 0 aliphatic rings. The summed E-state index contributed by atoms with van der Waals surface area (Å²) in [7, 11) is 3.62. The molecule has 0 aliphatic heterocycles. The lowest BCUT2D eigenvalue weighted by atomic mass is 10.1. The van der Waals surface area contributed by atoms with E-state index in [0.29, 0.717) is 13.2 Å². The number of ether oxygens (including phenoxy) is 2. The normalized spacial score (nSPS) is 12.8. The van der Waals surface area contributed by atoms with Gasteiger partial charge >= 0.3 is 0 Å². The maximum atomic E-state index is 5.51. The number of hydrogen-bond donors (Lipinski definition) is 1. The van der Waals surface area contributed by atoms with Gasteiger partial charge in [0.2, 0.25) is 0 Å². The number of aromatic nitrogens is 2. The fourth-order valence-corrected chi connectivity index (χ4v) is 1.74. The lowest BCUT2D eigenvalue weighted by Gasteiger charge is -2.16. The Balaban J connectivity index is 2.36. The minimum absolute atomic E-state index is 0.272.